The SMILES string of the molecule is OCC1CCCn2c1cnc2-c1ccc(Br)o1. The summed E-state index contributed by atoms with van der Waals surface area (Å²) in [7, 11) is 0. The van der Waals surface area contributed by atoms with Crippen molar-refractivity contribution in [2.45, 2.75) is 25.3 Å². The third kappa shape index (κ3) is 1.83. The van der Waals surface area contributed by atoms with E-state index < -0.39 is 0 Å². The third-order valence-corrected chi connectivity index (χ3v) is 3.68. The Morgan fingerprint density at radius 3 is 3.12 bits per heavy atom. The van der Waals surface area contributed by atoms with Crippen LogP contribution in [0.5, 0.6) is 0 Å². The van der Waals surface area contributed by atoms with Crippen molar-refractivity contribution in [2.75, 3.05) is 6.61 Å². The van der Waals surface area contributed by atoms with Gasteiger partial charge in [-0.1, -0.05) is 0 Å². The zero-order valence-electron chi connectivity index (χ0n) is 9.27. The molecule has 0 spiro atoms. The van der Waals surface area contributed by atoms with Gasteiger partial charge < -0.3 is 14.1 Å². The number of hydrogen-bond acceptors (Lipinski definition) is 3. The van der Waals surface area contributed by atoms with E-state index in [9.17, 15) is 5.11 Å². The number of nitrogens with zero attached hydrogens (tertiary/aromatic N) is 2. The van der Waals surface area contributed by atoms with Gasteiger partial charge in [-0.05, 0) is 40.9 Å². The van der Waals surface area contributed by atoms with E-state index in [1.807, 2.05) is 18.3 Å². The average Bonchev–Trinajstić information content (AvgIpc) is 2.94. The van der Waals surface area contributed by atoms with Crippen LogP contribution in [-0.2, 0) is 6.54 Å². The van der Waals surface area contributed by atoms with Gasteiger partial charge >= 0.3 is 0 Å². The molecule has 1 N–H and O–H groups in total. The fourth-order valence-corrected chi connectivity index (χ4v) is 2.72. The van der Waals surface area contributed by atoms with Crippen LogP contribution in [0.2, 0.25) is 0 Å². The summed E-state index contributed by atoms with van der Waals surface area (Å²) >= 11 is 3.30. The second kappa shape index (κ2) is 4.31. The van der Waals surface area contributed by atoms with Crippen LogP contribution < -0.4 is 0 Å². The highest BCUT2D eigenvalue weighted by molar-refractivity contribution is 9.10. The lowest BCUT2D eigenvalue weighted by molar-refractivity contribution is 0.241. The first-order valence-corrected chi connectivity index (χ1v) is 6.51. The fourth-order valence-electron chi connectivity index (χ4n) is 2.41. The van der Waals surface area contributed by atoms with Crippen LogP contribution in [0.15, 0.2) is 27.4 Å². The monoisotopic (exact) mass is 296 g/mol. The molecule has 3 heterocycles. The van der Waals surface area contributed by atoms with E-state index in [0.29, 0.717) is 4.67 Å². The maximum absolute atomic E-state index is 9.35. The van der Waals surface area contributed by atoms with Gasteiger partial charge in [0.05, 0.1) is 6.61 Å². The molecule has 1 aliphatic heterocycles. The number of imidazole rings is 1. The van der Waals surface area contributed by atoms with Gasteiger partial charge in [0.2, 0.25) is 0 Å². The average molecular weight is 297 g/mol. The minimum atomic E-state index is 0.187. The molecule has 0 saturated carbocycles. The topological polar surface area (TPSA) is 51.2 Å². The van der Waals surface area contributed by atoms with Gasteiger partial charge in [-0.15, -0.1) is 0 Å². The first-order valence-electron chi connectivity index (χ1n) is 5.71. The number of aromatic nitrogens is 2. The summed E-state index contributed by atoms with van der Waals surface area (Å²) in [4.78, 5) is 4.42. The first-order chi connectivity index (χ1) is 8.29. The Bertz CT molecular complexity index is 532. The van der Waals surface area contributed by atoms with E-state index in [1.165, 1.54) is 0 Å². The normalized spacial score (nSPS) is 19.3. The molecule has 5 heteroatoms. The quantitative estimate of drug-likeness (QED) is 0.927. The lowest BCUT2D eigenvalue weighted by Crippen LogP contribution is -2.18. The first kappa shape index (κ1) is 11.0. The number of aliphatic hydroxyl groups excluding tert-OH is 1. The number of furan rings is 1. The number of rotatable bonds is 2. The van der Waals surface area contributed by atoms with E-state index in [2.05, 4.69) is 25.5 Å². The summed E-state index contributed by atoms with van der Waals surface area (Å²) < 4.78 is 8.39. The molecular weight excluding hydrogens is 284 g/mol. The van der Waals surface area contributed by atoms with Crippen molar-refractivity contribution in [1.82, 2.24) is 9.55 Å². The Hall–Kier alpha value is -1.07. The molecule has 4 nitrogen and oxygen atoms in total. The largest absolute Gasteiger partial charge is 0.446 e. The van der Waals surface area contributed by atoms with Gasteiger partial charge in [0, 0.05) is 24.4 Å². The molecular formula is C12H13BrN2O2. The Balaban J connectivity index is 2.05. The smallest absolute Gasteiger partial charge is 0.176 e. The van der Waals surface area contributed by atoms with Crippen molar-refractivity contribution in [3.63, 3.8) is 0 Å². The Labute approximate surface area is 107 Å². The summed E-state index contributed by atoms with van der Waals surface area (Å²) in [5.41, 5.74) is 1.11. The molecule has 0 amide bonds. The predicted octanol–water partition coefficient (Wildman–Crippen LogP) is 2.78. The van der Waals surface area contributed by atoms with Gasteiger partial charge in [-0.3, -0.25) is 0 Å². The molecule has 0 aliphatic carbocycles. The van der Waals surface area contributed by atoms with E-state index in [-0.39, 0.29) is 12.5 Å². The van der Waals surface area contributed by atoms with Crippen molar-refractivity contribution < 1.29 is 9.52 Å². The van der Waals surface area contributed by atoms with Gasteiger partial charge in [-0.25, -0.2) is 4.98 Å². The van der Waals surface area contributed by atoms with E-state index >= 15 is 0 Å². The van der Waals surface area contributed by atoms with Gasteiger partial charge in [0.1, 0.15) is 0 Å². The number of halogens is 1. The maximum atomic E-state index is 9.35. The molecule has 0 aromatic carbocycles. The van der Waals surface area contributed by atoms with E-state index in [4.69, 9.17) is 4.42 Å². The van der Waals surface area contributed by atoms with Crippen molar-refractivity contribution >= 4 is 15.9 Å². The Morgan fingerprint density at radius 1 is 1.53 bits per heavy atom. The number of hydrogen-bond donors (Lipinski definition) is 1. The maximum Gasteiger partial charge on any atom is 0.176 e. The van der Waals surface area contributed by atoms with Crippen molar-refractivity contribution in [2.24, 2.45) is 0 Å². The molecule has 0 bridgehead atoms. The predicted molar refractivity (Wildman–Crippen MR) is 66.7 cm³/mol. The van der Waals surface area contributed by atoms with Gasteiger partial charge in [0.25, 0.3) is 0 Å². The lowest BCUT2D eigenvalue weighted by atomic mass is 9.97. The zero-order chi connectivity index (χ0) is 11.8. The third-order valence-electron chi connectivity index (χ3n) is 3.25. The molecule has 2 aromatic heterocycles. The highest BCUT2D eigenvalue weighted by atomic mass is 79.9. The molecule has 3 rings (SSSR count). The van der Waals surface area contributed by atoms with Crippen LogP contribution in [-0.4, -0.2) is 21.3 Å². The van der Waals surface area contributed by atoms with Crippen LogP contribution in [0.4, 0.5) is 0 Å². The number of aliphatic hydroxyl groups is 1. The summed E-state index contributed by atoms with van der Waals surface area (Å²) in [5.74, 6) is 1.83. The second-order valence-corrected chi connectivity index (χ2v) is 5.07. The van der Waals surface area contributed by atoms with Crippen molar-refractivity contribution in [3.05, 3.63) is 28.7 Å². The molecule has 0 saturated heterocycles. The lowest BCUT2D eigenvalue weighted by Gasteiger charge is -2.23. The molecule has 2 aromatic rings. The second-order valence-electron chi connectivity index (χ2n) is 4.28. The fraction of sp³-hybridized carbons (Fsp3) is 0.417. The standard InChI is InChI=1S/C12H13BrN2O2/c13-11-4-3-10(17-11)12-14-6-9-8(7-16)2-1-5-15(9)12/h3-4,6,8,16H,1-2,5,7H2. The van der Waals surface area contributed by atoms with Gasteiger partial charge in [0.15, 0.2) is 16.3 Å². The van der Waals surface area contributed by atoms with Crippen molar-refractivity contribution in [3.8, 4) is 11.6 Å². The van der Waals surface area contributed by atoms with Gasteiger partial charge in [-0.2, -0.15) is 0 Å². The van der Waals surface area contributed by atoms with Crippen molar-refractivity contribution in [1.29, 1.82) is 0 Å². The van der Waals surface area contributed by atoms with E-state index in [0.717, 1.165) is 36.7 Å². The minimum absolute atomic E-state index is 0.187. The molecule has 1 atom stereocenters. The molecule has 0 fully saturated rings. The summed E-state index contributed by atoms with van der Waals surface area (Å²) in [6.07, 6.45) is 3.96. The zero-order valence-corrected chi connectivity index (χ0v) is 10.9. The molecule has 1 unspecified atom stereocenters. The summed E-state index contributed by atoms with van der Waals surface area (Å²) in [6.45, 7) is 1.13. The highest BCUT2D eigenvalue weighted by Crippen LogP contribution is 2.32. The van der Waals surface area contributed by atoms with Crippen LogP contribution in [0, 0.1) is 0 Å². The Morgan fingerprint density at radius 2 is 2.41 bits per heavy atom. The van der Waals surface area contributed by atoms with Crippen LogP contribution >= 0.6 is 15.9 Å². The van der Waals surface area contributed by atoms with Crippen LogP contribution in [0.25, 0.3) is 11.6 Å². The molecule has 17 heavy (non-hydrogen) atoms. The van der Waals surface area contributed by atoms with Crippen LogP contribution in [0.1, 0.15) is 24.5 Å². The summed E-state index contributed by atoms with van der Waals surface area (Å²) in [5, 5.41) is 9.35. The number of fused-ring (bicyclic) bond motifs is 1. The molecule has 90 valence electrons. The minimum Gasteiger partial charge on any atom is -0.446 e. The van der Waals surface area contributed by atoms with E-state index in [1.54, 1.807) is 0 Å². The molecule has 0 radical (unpaired) electrons. The summed E-state index contributed by atoms with van der Waals surface area (Å²) in [6, 6.07) is 3.77. The molecule has 1 aliphatic rings. The Kier molecular flexibility index (Phi) is 2.80. The van der Waals surface area contributed by atoms with Crippen LogP contribution in [0.3, 0.4) is 0 Å². The highest BCUT2D eigenvalue weighted by Gasteiger charge is 2.24.